The van der Waals surface area contributed by atoms with Gasteiger partial charge in [0, 0.05) is 13.1 Å². The van der Waals surface area contributed by atoms with Crippen molar-refractivity contribution >= 4 is 5.91 Å². The Balaban J connectivity index is 1.86. The van der Waals surface area contributed by atoms with Gasteiger partial charge in [-0.05, 0) is 26.0 Å². The molecular formula is C12H16N2O2. The quantitative estimate of drug-likeness (QED) is 0.753. The number of carbonyl (C=O) groups is 1. The maximum absolute atomic E-state index is 11.7. The smallest absolute Gasteiger partial charge is 0.254 e. The molecule has 0 radical (unpaired) electrons. The zero-order valence-electron chi connectivity index (χ0n) is 9.38. The molecule has 0 atom stereocenters. The van der Waals surface area contributed by atoms with Crippen LogP contribution < -0.4 is 10.6 Å². The van der Waals surface area contributed by atoms with Gasteiger partial charge in [0.05, 0.1) is 5.56 Å². The molecule has 2 heterocycles. The molecule has 1 aromatic rings. The van der Waals surface area contributed by atoms with Gasteiger partial charge in [0.2, 0.25) is 0 Å². The van der Waals surface area contributed by atoms with Gasteiger partial charge in [0.25, 0.3) is 5.91 Å². The van der Waals surface area contributed by atoms with Crippen LogP contribution in [0.5, 0.6) is 0 Å². The van der Waals surface area contributed by atoms with Crippen LogP contribution in [0.2, 0.25) is 0 Å². The van der Waals surface area contributed by atoms with E-state index in [2.05, 4.69) is 16.7 Å². The molecule has 0 unspecified atom stereocenters. The Kier molecular flexibility index (Phi) is 3.41. The first-order chi connectivity index (χ1) is 7.75. The van der Waals surface area contributed by atoms with Crippen LogP contribution in [-0.4, -0.2) is 25.5 Å². The highest BCUT2D eigenvalue weighted by Crippen LogP contribution is 2.07. The summed E-state index contributed by atoms with van der Waals surface area (Å²) in [5, 5.41) is 6.12. The summed E-state index contributed by atoms with van der Waals surface area (Å²) in [6, 6.07) is 1.74. The molecule has 0 bridgehead atoms. The van der Waals surface area contributed by atoms with Gasteiger partial charge in [0.15, 0.2) is 0 Å². The number of rotatable bonds is 3. The average molecular weight is 220 g/mol. The van der Waals surface area contributed by atoms with Gasteiger partial charge in [-0.3, -0.25) is 4.79 Å². The second-order valence-corrected chi connectivity index (χ2v) is 3.95. The van der Waals surface area contributed by atoms with E-state index in [1.807, 2.05) is 6.92 Å². The van der Waals surface area contributed by atoms with E-state index in [0.29, 0.717) is 12.1 Å². The zero-order chi connectivity index (χ0) is 11.4. The minimum Gasteiger partial charge on any atom is -0.469 e. The summed E-state index contributed by atoms with van der Waals surface area (Å²) in [4.78, 5) is 11.7. The molecule has 4 nitrogen and oxygen atoms in total. The van der Waals surface area contributed by atoms with Crippen molar-refractivity contribution < 1.29 is 9.21 Å². The SMILES string of the molecule is Cc1cc(C(=O)NCC2=CCNCC2)co1. The van der Waals surface area contributed by atoms with Crippen LogP contribution in [-0.2, 0) is 0 Å². The first-order valence-electron chi connectivity index (χ1n) is 5.47. The average Bonchev–Trinajstić information content (AvgIpc) is 2.74. The van der Waals surface area contributed by atoms with Gasteiger partial charge in [-0.15, -0.1) is 0 Å². The topological polar surface area (TPSA) is 54.3 Å². The van der Waals surface area contributed by atoms with Crippen LogP contribution in [0.1, 0.15) is 22.5 Å². The fourth-order valence-electron chi connectivity index (χ4n) is 1.69. The molecule has 2 rings (SSSR count). The number of aryl methyl sites for hydroxylation is 1. The highest BCUT2D eigenvalue weighted by atomic mass is 16.3. The molecule has 0 spiro atoms. The van der Waals surface area contributed by atoms with Crippen LogP contribution in [0.15, 0.2) is 28.4 Å². The van der Waals surface area contributed by atoms with Gasteiger partial charge >= 0.3 is 0 Å². The summed E-state index contributed by atoms with van der Waals surface area (Å²) < 4.78 is 5.09. The van der Waals surface area contributed by atoms with E-state index < -0.39 is 0 Å². The number of nitrogens with one attached hydrogen (secondary N) is 2. The Morgan fingerprint density at radius 1 is 1.62 bits per heavy atom. The normalized spacial score (nSPS) is 15.7. The molecule has 16 heavy (non-hydrogen) atoms. The minimum atomic E-state index is -0.0729. The second-order valence-electron chi connectivity index (χ2n) is 3.95. The van der Waals surface area contributed by atoms with E-state index in [-0.39, 0.29) is 5.91 Å². The van der Waals surface area contributed by atoms with E-state index in [1.165, 1.54) is 11.8 Å². The third kappa shape index (κ3) is 2.73. The lowest BCUT2D eigenvalue weighted by molar-refractivity contribution is 0.0956. The number of furan rings is 1. The summed E-state index contributed by atoms with van der Waals surface area (Å²) in [6.45, 7) is 4.35. The van der Waals surface area contributed by atoms with Crippen molar-refractivity contribution in [2.24, 2.45) is 0 Å². The summed E-state index contributed by atoms with van der Waals surface area (Å²) in [5.41, 5.74) is 1.87. The van der Waals surface area contributed by atoms with Crippen LogP contribution >= 0.6 is 0 Å². The maximum Gasteiger partial charge on any atom is 0.254 e. The maximum atomic E-state index is 11.7. The predicted octanol–water partition coefficient (Wildman–Crippen LogP) is 1.24. The molecule has 2 N–H and O–H groups in total. The first-order valence-corrected chi connectivity index (χ1v) is 5.47. The Hall–Kier alpha value is -1.55. The van der Waals surface area contributed by atoms with E-state index in [4.69, 9.17) is 4.42 Å². The van der Waals surface area contributed by atoms with Crippen LogP contribution in [0.25, 0.3) is 0 Å². The van der Waals surface area contributed by atoms with E-state index >= 15 is 0 Å². The lowest BCUT2D eigenvalue weighted by Gasteiger charge is -2.14. The Bertz CT molecular complexity index is 407. The summed E-state index contributed by atoms with van der Waals surface area (Å²) in [6.07, 6.45) is 4.62. The van der Waals surface area contributed by atoms with Gasteiger partial charge in [-0.2, -0.15) is 0 Å². The highest BCUT2D eigenvalue weighted by molar-refractivity contribution is 5.94. The molecule has 1 aliphatic heterocycles. The Morgan fingerprint density at radius 3 is 3.12 bits per heavy atom. The van der Waals surface area contributed by atoms with Gasteiger partial charge < -0.3 is 15.1 Å². The van der Waals surface area contributed by atoms with Crippen molar-refractivity contribution in [2.45, 2.75) is 13.3 Å². The van der Waals surface area contributed by atoms with Crippen LogP contribution in [0, 0.1) is 6.92 Å². The largest absolute Gasteiger partial charge is 0.469 e. The lowest BCUT2D eigenvalue weighted by atomic mass is 10.1. The third-order valence-electron chi connectivity index (χ3n) is 2.63. The molecule has 0 aromatic carbocycles. The van der Waals surface area contributed by atoms with E-state index in [9.17, 15) is 4.79 Å². The van der Waals surface area contributed by atoms with Crippen molar-refractivity contribution in [3.8, 4) is 0 Å². The molecule has 4 heteroatoms. The fourth-order valence-corrected chi connectivity index (χ4v) is 1.69. The fraction of sp³-hybridized carbons (Fsp3) is 0.417. The summed E-state index contributed by atoms with van der Waals surface area (Å²) in [7, 11) is 0. The minimum absolute atomic E-state index is 0.0729. The number of hydrogen-bond acceptors (Lipinski definition) is 3. The van der Waals surface area contributed by atoms with Crippen molar-refractivity contribution in [3.63, 3.8) is 0 Å². The van der Waals surface area contributed by atoms with Crippen molar-refractivity contribution in [3.05, 3.63) is 35.3 Å². The second kappa shape index (κ2) is 4.99. The number of hydrogen-bond donors (Lipinski definition) is 2. The van der Waals surface area contributed by atoms with Crippen molar-refractivity contribution in [2.75, 3.05) is 19.6 Å². The van der Waals surface area contributed by atoms with Gasteiger partial charge in [0.1, 0.15) is 12.0 Å². The summed E-state index contributed by atoms with van der Waals surface area (Å²) in [5.74, 6) is 0.683. The molecule has 1 aliphatic rings. The zero-order valence-corrected chi connectivity index (χ0v) is 9.38. The van der Waals surface area contributed by atoms with Crippen molar-refractivity contribution in [1.82, 2.24) is 10.6 Å². The Labute approximate surface area is 94.7 Å². The molecule has 1 amide bonds. The molecule has 86 valence electrons. The van der Waals surface area contributed by atoms with Crippen LogP contribution in [0.4, 0.5) is 0 Å². The summed E-state index contributed by atoms with van der Waals surface area (Å²) >= 11 is 0. The predicted molar refractivity (Wildman–Crippen MR) is 61.3 cm³/mol. The monoisotopic (exact) mass is 220 g/mol. The molecule has 0 aliphatic carbocycles. The lowest BCUT2D eigenvalue weighted by Crippen LogP contribution is -2.29. The van der Waals surface area contributed by atoms with E-state index in [0.717, 1.165) is 25.3 Å². The van der Waals surface area contributed by atoms with Crippen molar-refractivity contribution in [1.29, 1.82) is 0 Å². The number of amides is 1. The molecule has 0 saturated heterocycles. The third-order valence-corrected chi connectivity index (χ3v) is 2.63. The van der Waals surface area contributed by atoms with E-state index in [1.54, 1.807) is 6.07 Å². The first kappa shape index (κ1) is 11.0. The molecule has 1 aromatic heterocycles. The Morgan fingerprint density at radius 2 is 2.50 bits per heavy atom. The standard InChI is InChI=1S/C12H16N2O2/c1-9-6-11(8-16-9)12(15)14-7-10-2-4-13-5-3-10/h2,6,8,13H,3-5,7H2,1H3,(H,14,15). The number of carbonyl (C=O) groups excluding carboxylic acids is 1. The molecule has 0 fully saturated rings. The molecular weight excluding hydrogens is 204 g/mol. The molecule has 0 saturated carbocycles. The van der Waals surface area contributed by atoms with Gasteiger partial charge in [-0.1, -0.05) is 11.6 Å². The van der Waals surface area contributed by atoms with Crippen LogP contribution in [0.3, 0.4) is 0 Å². The highest BCUT2D eigenvalue weighted by Gasteiger charge is 2.09. The van der Waals surface area contributed by atoms with Gasteiger partial charge in [-0.25, -0.2) is 0 Å².